The zero-order chi connectivity index (χ0) is 12.6. The quantitative estimate of drug-likeness (QED) is 0.823. The molecule has 96 valence electrons. The van der Waals surface area contributed by atoms with Crippen LogP contribution in [0.2, 0.25) is 0 Å². The molecule has 1 aliphatic carbocycles. The van der Waals surface area contributed by atoms with Crippen molar-refractivity contribution in [3.05, 3.63) is 40.8 Å². The molecule has 18 heavy (non-hydrogen) atoms. The number of benzene rings is 1. The van der Waals surface area contributed by atoms with E-state index in [-0.39, 0.29) is 0 Å². The third-order valence-electron chi connectivity index (χ3n) is 3.37. The Balaban J connectivity index is 1.90. The van der Waals surface area contributed by atoms with Gasteiger partial charge in [-0.25, -0.2) is 4.21 Å². The summed E-state index contributed by atoms with van der Waals surface area (Å²) in [6.07, 6.45) is 3.65. The Morgan fingerprint density at radius 1 is 1.17 bits per heavy atom. The summed E-state index contributed by atoms with van der Waals surface area (Å²) in [5.41, 5.74) is 1.17. The highest BCUT2D eigenvalue weighted by atomic mass is 32.2. The summed E-state index contributed by atoms with van der Waals surface area (Å²) in [6.45, 7) is 3.19. The van der Waals surface area contributed by atoms with Gasteiger partial charge in [-0.05, 0) is 25.5 Å². The molecule has 1 atom stereocenters. The number of hydrogen-bond donors (Lipinski definition) is 0. The second-order valence-electron chi connectivity index (χ2n) is 4.64. The molecule has 3 rings (SSSR count). The topological polar surface area (TPSA) is 35.5 Å². The SMILES string of the molecule is Cc1ccc(S(=O)C2=CCCC23OCCO3)cc1. The molecule has 0 amide bonds. The lowest BCUT2D eigenvalue weighted by molar-refractivity contribution is -0.118. The van der Waals surface area contributed by atoms with Crippen LogP contribution in [0.5, 0.6) is 0 Å². The minimum Gasteiger partial charge on any atom is -0.343 e. The van der Waals surface area contributed by atoms with Gasteiger partial charge in [-0.3, -0.25) is 0 Å². The van der Waals surface area contributed by atoms with Crippen LogP contribution in [0.4, 0.5) is 0 Å². The molecule has 0 bridgehead atoms. The van der Waals surface area contributed by atoms with Gasteiger partial charge >= 0.3 is 0 Å². The van der Waals surface area contributed by atoms with Gasteiger partial charge in [0, 0.05) is 11.3 Å². The van der Waals surface area contributed by atoms with Gasteiger partial charge in [0.15, 0.2) is 0 Å². The molecule has 0 saturated carbocycles. The highest BCUT2D eigenvalue weighted by Crippen LogP contribution is 2.41. The molecule has 0 N–H and O–H groups in total. The van der Waals surface area contributed by atoms with Crippen molar-refractivity contribution in [3.63, 3.8) is 0 Å². The van der Waals surface area contributed by atoms with Gasteiger partial charge in [0.2, 0.25) is 5.79 Å². The van der Waals surface area contributed by atoms with E-state index in [0.29, 0.717) is 13.2 Å². The Hall–Kier alpha value is -0.970. The van der Waals surface area contributed by atoms with Crippen molar-refractivity contribution >= 4 is 10.8 Å². The van der Waals surface area contributed by atoms with Crippen molar-refractivity contribution in [2.75, 3.05) is 13.2 Å². The second-order valence-corrected chi connectivity index (χ2v) is 6.09. The van der Waals surface area contributed by atoms with Crippen LogP contribution in [0, 0.1) is 6.92 Å². The fourth-order valence-corrected chi connectivity index (χ4v) is 3.83. The summed E-state index contributed by atoms with van der Waals surface area (Å²) in [5, 5.41) is 0. The average molecular weight is 264 g/mol. The van der Waals surface area contributed by atoms with Crippen LogP contribution >= 0.6 is 0 Å². The number of ether oxygens (including phenoxy) is 2. The second kappa shape index (κ2) is 4.61. The zero-order valence-electron chi connectivity index (χ0n) is 10.3. The average Bonchev–Trinajstić information content (AvgIpc) is 3.01. The fourth-order valence-electron chi connectivity index (χ4n) is 2.42. The summed E-state index contributed by atoms with van der Waals surface area (Å²) < 4.78 is 24.0. The number of allylic oxidation sites excluding steroid dienone is 1. The summed E-state index contributed by atoms with van der Waals surface area (Å²) in [4.78, 5) is 1.59. The highest BCUT2D eigenvalue weighted by molar-refractivity contribution is 7.89. The van der Waals surface area contributed by atoms with Crippen LogP contribution in [-0.2, 0) is 20.3 Å². The van der Waals surface area contributed by atoms with Crippen molar-refractivity contribution in [2.24, 2.45) is 0 Å². The van der Waals surface area contributed by atoms with E-state index in [1.54, 1.807) is 0 Å². The van der Waals surface area contributed by atoms with E-state index in [0.717, 1.165) is 22.6 Å². The van der Waals surface area contributed by atoms with Crippen molar-refractivity contribution in [1.82, 2.24) is 0 Å². The van der Waals surface area contributed by atoms with Gasteiger partial charge in [0.1, 0.15) is 0 Å². The molecule has 1 spiro atoms. The predicted octanol–water partition coefficient (Wildman–Crippen LogP) is 2.52. The Morgan fingerprint density at radius 3 is 2.50 bits per heavy atom. The smallest absolute Gasteiger partial charge is 0.203 e. The van der Waals surface area contributed by atoms with Crippen LogP contribution < -0.4 is 0 Å². The van der Waals surface area contributed by atoms with Gasteiger partial charge in [0.25, 0.3) is 0 Å². The first kappa shape index (κ1) is 12.1. The van der Waals surface area contributed by atoms with Crippen molar-refractivity contribution in [3.8, 4) is 0 Å². The maximum absolute atomic E-state index is 12.6. The molecule has 2 aliphatic rings. The van der Waals surface area contributed by atoms with Crippen molar-refractivity contribution in [2.45, 2.75) is 30.4 Å². The molecule has 1 saturated heterocycles. The van der Waals surface area contributed by atoms with Crippen molar-refractivity contribution in [1.29, 1.82) is 0 Å². The molecule has 4 heteroatoms. The molecule has 1 heterocycles. The van der Waals surface area contributed by atoms with Gasteiger partial charge in [-0.15, -0.1) is 0 Å². The molecule has 1 aliphatic heterocycles. The molecule has 0 radical (unpaired) electrons. The Morgan fingerprint density at radius 2 is 1.83 bits per heavy atom. The molecular weight excluding hydrogens is 248 g/mol. The molecule has 1 aromatic rings. The number of hydrogen-bond acceptors (Lipinski definition) is 3. The number of aryl methyl sites for hydroxylation is 1. The minimum absolute atomic E-state index is 0.586. The molecule has 0 aromatic heterocycles. The fraction of sp³-hybridized carbons (Fsp3) is 0.429. The summed E-state index contributed by atoms with van der Waals surface area (Å²) in [7, 11) is -1.19. The molecule has 3 nitrogen and oxygen atoms in total. The zero-order valence-corrected chi connectivity index (χ0v) is 11.2. The first-order valence-corrected chi connectivity index (χ1v) is 7.33. The highest BCUT2D eigenvalue weighted by Gasteiger charge is 2.45. The number of rotatable bonds is 2. The summed E-state index contributed by atoms with van der Waals surface area (Å²) in [5.74, 6) is -0.713. The Kier molecular flexibility index (Phi) is 3.09. The van der Waals surface area contributed by atoms with Gasteiger partial charge in [-0.2, -0.15) is 0 Å². The Bertz CT molecular complexity index is 498. The van der Waals surface area contributed by atoms with Crippen LogP contribution in [0.25, 0.3) is 0 Å². The lowest BCUT2D eigenvalue weighted by Gasteiger charge is -2.24. The van der Waals surface area contributed by atoms with Crippen LogP contribution in [0.15, 0.2) is 40.1 Å². The molecular formula is C14H16O3S. The first-order chi connectivity index (χ1) is 8.71. The summed E-state index contributed by atoms with van der Waals surface area (Å²) >= 11 is 0. The minimum atomic E-state index is -1.19. The Labute approximate surface area is 109 Å². The third-order valence-corrected chi connectivity index (χ3v) is 4.94. The predicted molar refractivity (Wildman–Crippen MR) is 69.5 cm³/mol. The van der Waals surface area contributed by atoms with E-state index in [1.807, 2.05) is 37.3 Å². The van der Waals surface area contributed by atoms with E-state index in [9.17, 15) is 4.21 Å². The van der Waals surface area contributed by atoms with E-state index >= 15 is 0 Å². The van der Waals surface area contributed by atoms with E-state index in [2.05, 4.69) is 0 Å². The standard InChI is InChI=1S/C14H16O3S/c1-11-4-6-12(7-5-11)18(15)13-3-2-8-14(13)16-9-10-17-14/h3-7H,2,8-10H2,1H3. The lowest BCUT2D eigenvalue weighted by Crippen LogP contribution is -2.31. The molecule has 1 aromatic carbocycles. The maximum Gasteiger partial charge on any atom is 0.203 e. The third kappa shape index (κ3) is 1.94. The lowest BCUT2D eigenvalue weighted by atomic mass is 10.2. The van der Waals surface area contributed by atoms with Crippen molar-refractivity contribution < 1.29 is 13.7 Å². The van der Waals surface area contributed by atoms with Gasteiger partial charge < -0.3 is 9.47 Å². The normalized spacial score (nSPS) is 23.3. The van der Waals surface area contributed by atoms with E-state index in [4.69, 9.17) is 9.47 Å². The maximum atomic E-state index is 12.6. The van der Waals surface area contributed by atoms with E-state index < -0.39 is 16.6 Å². The van der Waals surface area contributed by atoms with E-state index in [1.165, 1.54) is 5.56 Å². The molecule has 1 unspecified atom stereocenters. The van der Waals surface area contributed by atoms with Crippen LogP contribution in [0.1, 0.15) is 18.4 Å². The largest absolute Gasteiger partial charge is 0.343 e. The first-order valence-electron chi connectivity index (χ1n) is 6.18. The monoisotopic (exact) mass is 264 g/mol. The van der Waals surface area contributed by atoms with Gasteiger partial charge in [0.05, 0.1) is 28.9 Å². The van der Waals surface area contributed by atoms with Gasteiger partial charge in [-0.1, -0.05) is 23.8 Å². The van der Waals surface area contributed by atoms with Crippen LogP contribution in [-0.4, -0.2) is 23.2 Å². The molecule has 1 fully saturated rings. The van der Waals surface area contributed by atoms with Crippen LogP contribution in [0.3, 0.4) is 0 Å². The summed E-state index contributed by atoms with van der Waals surface area (Å²) in [6, 6.07) is 7.78.